The SMILES string of the molecule is O=C(O)[C@@H]1CCc2nc(-n3cnnn3)ccc21. The zero-order valence-corrected chi connectivity index (χ0v) is 8.82. The van der Waals surface area contributed by atoms with E-state index in [2.05, 4.69) is 20.5 Å². The monoisotopic (exact) mass is 231 g/mol. The number of nitrogens with zero attached hydrogens (tertiary/aromatic N) is 5. The van der Waals surface area contributed by atoms with Gasteiger partial charge in [0.05, 0.1) is 5.92 Å². The number of hydrogen-bond donors (Lipinski definition) is 1. The number of fused-ring (bicyclic) bond motifs is 1. The lowest BCUT2D eigenvalue weighted by molar-refractivity contribution is -0.138. The van der Waals surface area contributed by atoms with Gasteiger partial charge in [-0.15, -0.1) is 5.10 Å². The molecule has 86 valence electrons. The summed E-state index contributed by atoms with van der Waals surface area (Å²) in [5.41, 5.74) is 1.62. The molecule has 0 fully saturated rings. The number of carboxylic acids is 1. The number of aryl methyl sites for hydroxylation is 1. The first-order valence-electron chi connectivity index (χ1n) is 5.21. The van der Waals surface area contributed by atoms with Crippen LogP contribution in [0.3, 0.4) is 0 Å². The summed E-state index contributed by atoms with van der Waals surface area (Å²) in [5.74, 6) is -0.610. The van der Waals surface area contributed by atoms with E-state index in [4.69, 9.17) is 5.11 Å². The Labute approximate surface area is 96.1 Å². The number of carbonyl (C=O) groups is 1. The van der Waals surface area contributed by atoms with Gasteiger partial charge in [0, 0.05) is 5.69 Å². The second-order valence-corrected chi connectivity index (χ2v) is 3.89. The van der Waals surface area contributed by atoms with Crippen molar-refractivity contribution in [1.29, 1.82) is 0 Å². The van der Waals surface area contributed by atoms with E-state index < -0.39 is 11.9 Å². The first-order valence-corrected chi connectivity index (χ1v) is 5.21. The molecule has 2 aromatic heterocycles. The van der Waals surface area contributed by atoms with E-state index >= 15 is 0 Å². The summed E-state index contributed by atoms with van der Waals surface area (Å²) >= 11 is 0. The fraction of sp³-hybridized carbons (Fsp3) is 0.300. The highest BCUT2D eigenvalue weighted by atomic mass is 16.4. The van der Waals surface area contributed by atoms with Crippen molar-refractivity contribution in [1.82, 2.24) is 25.2 Å². The molecule has 1 N–H and O–H groups in total. The first-order chi connectivity index (χ1) is 8.25. The summed E-state index contributed by atoms with van der Waals surface area (Å²) in [6, 6.07) is 3.53. The summed E-state index contributed by atoms with van der Waals surface area (Å²) in [6.07, 6.45) is 2.75. The van der Waals surface area contributed by atoms with Crippen LogP contribution in [0.2, 0.25) is 0 Å². The molecule has 3 rings (SSSR count). The Bertz CT molecular complexity index is 566. The number of hydrogen-bond acceptors (Lipinski definition) is 5. The molecule has 0 saturated heterocycles. The van der Waals surface area contributed by atoms with Crippen LogP contribution < -0.4 is 0 Å². The molecule has 1 atom stereocenters. The molecule has 0 saturated carbocycles. The van der Waals surface area contributed by atoms with Crippen LogP contribution in [0.25, 0.3) is 5.82 Å². The fourth-order valence-electron chi connectivity index (χ4n) is 2.11. The lowest BCUT2D eigenvalue weighted by Crippen LogP contribution is -2.08. The smallest absolute Gasteiger partial charge is 0.311 e. The van der Waals surface area contributed by atoms with E-state index in [0.29, 0.717) is 18.7 Å². The molecular formula is C10H9N5O2. The molecule has 7 heteroatoms. The Hall–Kier alpha value is -2.31. The lowest BCUT2D eigenvalue weighted by atomic mass is 10.0. The molecule has 0 aromatic carbocycles. The van der Waals surface area contributed by atoms with Crippen molar-refractivity contribution >= 4 is 5.97 Å². The van der Waals surface area contributed by atoms with Crippen LogP contribution in [0.4, 0.5) is 0 Å². The van der Waals surface area contributed by atoms with Gasteiger partial charge in [-0.05, 0) is 34.9 Å². The van der Waals surface area contributed by atoms with Gasteiger partial charge in [-0.2, -0.15) is 4.68 Å². The molecule has 0 bridgehead atoms. The largest absolute Gasteiger partial charge is 0.481 e. The third-order valence-corrected chi connectivity index (χ3v) is 2.92. The van der Waals surface area contributed by atoms with Crippen LogP contribution in [-0.4, -0.2) is 36.3 Å². The fourth-order valence-corrected chi connectivity index (χ4v) is 2.11. The van der Waals surface area contributed by atoms with Gasteiger partial charge in [0.25, 0.3) is 0 Å². The topological polar surface area (TPSA) is 93.8 Å². The molecule has 2 aromatic rings. The van der Waals surface area contributed by atoms with Crippen LogP contribution in [0.15, 0.2) is 18.5 Å². The summed E-state index contributed by atoms with van der Waals surface area (Å²) in [6.45, 7) is 0. The van der Waals surface area contributed by atoms with Gasteiger partial charge in [0.15, 0.2) is 5.82 Å². The third kappa shape index (κ3) is 1.55. The molecular weight excluding hydrogens is 222 g/mol. The summed E-state index contributed by atoms with van der Waals surface area (Å²) in [7, 11) is 0. The zero-order chi connectivity index (χ0) is 11.8. The Kier molecular flexibility index (Phi) is 2.10. The maximum atomic E-state index is 11.0. The zero-order valence-electron chi connectivity index (χ0n) is 8.82. The summed E-state index contributed by atoms with van der Waals surface area (Å²) in [5, 5.41) is 19.9. The van der Waals surface area contributed by atoms with E-state index in [-0.39, 0.29) is 0 Å². The van der Waals surface area contributed by atoms with Crippen LogP contribution in [-0.2, 0) is 11.2 Å². The van der Waals surface area contributed by atoms with E-state index in [1.165, 1.54) is 11.0 Å². The quantitative estimate of drug-likeness (QED) is 0.791. The average molecular weight is 231 g/mol. The number of aromatic nitrogens is 5. The van der Waals surface area contributed by atoms with Crippen molar-refractivity contribution < 1.29 is 9.90 Å². The maximum Gasteiger partial charge on any atom is 0.311 e. The van der Waals surface area contributed by atoms with Gasteiger partial charge in [-0.25, -0.2) is 4.98 Å². The van der Waals surface area contributed by atoms with Crippen molar-refractivity contribution in [2.75, 3.05) is 0 Å². The normalized spacial score (nSPS) is 18.0. The number of rotatable bonds is 2. The Morgan fingerprint density at radius 1 is 1.47 bits per heavy atom. The molecule has 2 heterocycles. The average Bonchev–Trinajstić information content (AvgIpc) is 2.97. The third-order valence-electron chi connectivity index (χ3n) is 2.92. The lowest BCUT2D eigenvalue weighted by Gasteiger charge is -2.06. The molecule has 17 heavy (non-hydrogen) atoms. The molecule has 1 aliphatic carbocycles. The molecule has 0 unspecified atom stereocenters. The standard InChI is InChI=1S/C10H9N5O2/c16-10(17)7-1-3-8-6(7)2-4-9(12-8)15-5-11-13-14-15/h2,4-5,7H,1,3H2,(H,16,17)/t7-/m1/s1. The van der Waals surface area contributed by atoms with Crippen molar-refractivity contribution in [2.24, 2.45) is 0 Å². The molecule has 0 amide bonds. The van der Waals surface area contributed by atoms with Crippen LogP contribution in [0.1, 0.15) is 23.6 Å². The van der Waals surface area contributed by atoms with Crippen LogP contribution >= 0.6 is 0 Å². The van der Waals surface area contributed by atoms with Crippen molar-refractivity contribution in [3.63, 3.8) is 0 Å². The van der Waals surface area contributed by atoms with Gasteiger partial charge in [0.2, 0.25) is 0 Å². The second-order valence-electron chi connectivity index (χ2n) is 3.89. The number of carboxylic acid groups (broad SMARTS) is 1. The highest BCUT2D eigenvalue weighted by Crippen LogP contribution is 2.32. The minimum absolute atomic E-state index is 0.430. The highest BCUT2D eigenvalue weighted by molar-refractivity contribution is 5.77. The summed E-state index contributed by atoms with van der Waals surface area (Å²) < 4.78 is 1.45. The maximum absolute atomic E-state index is 11.0. The minimum atomic E-state index is -0.791. The second kappa shape index (κ2) is 3.62. The van der Waals surface area contributed by atoms with E-state index in [9.17, 15) is 4.79 Å². The molecule has 0 radical (unpaired) electrons. The van der Waals surface area contributed by atoms with Gasteiger partial charge in [-0.1, -0.05) is 6.07 Å². The van der Waals surface area contributed by atoms with Gasteiger partial charge < -0.3 is 5.11 Å². The van der Waals surface area contributed by atoms with Gasteiger partial charge in [-0.3, -0.25) is 4.79 Å². The first kappa shape index (κ1) is 9.88. The Morgan fingerprint density at radius 2 is 2.35 bits per heavy atom. The highest BCUT2D eigenvalue weighted by Gasteiger charge is 2.29. The predicted molar refractivity (Wildman–Crippen MR) is 55.6 cm³/mol. The van der Waals surface area contributed by atoms with E-state index in [1.807, 2.05) is 0 Å². The number of aliphatic carboxylic acids is 1. The van der Waals surface area contributed by atoms with Crippen LogP contribution in [0, 0.1) is 0 Å². The van der Waals surface area contributed by atoms with Crippen molar-refractivity contribution in [2.45, 2.75) is 18.8 Å². The minimum Gasteiger partial charge on any atom is -0.481 e. The van der Waals surface area contributed by atoms with Gasteiger partial charge >= 0.3 is 5.97 Å². The van der Waals surface area contributed by atoms with Gasteiger partial charge in [0.1, 0.15) is 6.33 Å². The predicted octanol–water partition coefficient (Wildman–Crippen LogP) is 0.172. The molecule has 7 nitrogen and oxygen atoms in total. The number of pyridine rings is 1. The van der Waals surface area contributed by atoms with Crippen molar-refractivity contribution in [3.05, 3.63) is 29.7 Å². The number of tetrazole rings is 1. The van der Waals surface area contributed by atoms with Crippen molar-refractivity contribution in [3.8, 4) is 5.82 Å². The molecule has 0 aliphatic heterocycles. The van der Waals surface area contributed by atoms with E-state index in [1.54, 1.807) is 12.1 Å². The van der Waals surface area contributed by atoms with E-state index in [0.717, 1.165) is 11.3 Å². The van der Waals surface area contributed by atoms with Crippen LogP contribution in [0.5, 0.6) is 0 Å². The molecule has 0 spiro atoms. The Morgan fingerprint density at radius 3 is 3.06 bits per heavy atom. The molecule has 1 aliphatic rings. The summed E-state index contributed by atoms with van der Waals surface area (Å²) in [4.78, 5) is 15.4. The Balaban J connectivity index is 2.02.